The van der Waals surface area contributed by atoms with E-state index in [1.54, 1.807) is 6.20 Å². The van der Waals surface area contributed by atoms with E-state index in [2.05, 4.69) is 65.3 Å². The lowest BCUT2D eigenvalue weighted by Gasteiger charge is -2.59. The van der Waals surface area contributed by atoms with E-state index in [9.17, 15) is 9.90 Å². The molecule has 1 N–H and O–H groups in total. The van der Waals surface area contributed by atoms with Crippen LogP contribution in [-0.2, 0) is 11.3 Å². The number of benzene rings is 2. The van der Waals surface area contributed by atoms with E-state index in [1.807, 2.05) is 23.2 Å². The second-order valence-corrected chi connectivity index (χ2v) is 8.66. The number of pyridine rings is 1. The van der Waals surface area contributed by atoms with Gasteiger partial charge >= 0.3 is 0 Å². The molecule has 0 aliphatic carbocycles. The summed E-state index contributed by atoms with van der Waals surface area (Å²) in [4.78, 5) is 21.2. The van der Waals surface area contributed by atoms with E-state index in [-0.39, 0.29) is 30.5 Å². The molecule has 2 aromatic carbocycles. The van der Waals surface area contributed by atoms with Crippen LogP contribution in [0.25, 0.3) is 11.1 Å². The number of carbonyl (C=O) groups excluding carboxylic acids is 1. The number of rotatable bonds is 5. The summed E-state index contributed by atoms with van der Waals surface area (Å²) in [7, 11) is 0. The monoisotopic (exact) mass is 413 g/mol. The molecular weight excluding hydrogens is 386 g/mol. The molecule has 31 heavy (non-hydrogen) atoms. The SMILES string of the molecule is Cc1ccc(CN2CC(=O)N3[C@@H](CO)[C@H](c4ccc(-c5cccnc5)cc4)[C@@H]3C2)cc1. The summed E-state index contributed by atoms with van der Waals surface area (Å²) < 4.78 is 0. The van der Waals surface area contributed by atoms with Gasteiger partial charge in [-0.2, -0.15) is 0 Å². The molecule has 2 aliphatic heterocycles. The van der Waals surface area contributed by atoms with Crippen LogP contribution in [0.5, 0.6) is 0 Å². The quantitative estimate of drug-likeness (QED) is 0.698. The number of aryl methyl sites for hydroxylation is 1. The number of aliphatic hydroxyl groups is 1. The standard InChI is InChI=1S/C26H27N3O2/c1-18-4-6-19(7-5-18)14-28-15-23-26(24(17-30)29(23)25(31)16-28)21-10-8-20(9-11-21)22-3-2-12-27-13-22/h2-13,23-24,26,30H,14-17H2,1H3/t23-,24-,26+/m0/s1. The van der Waals surface area contributed by atoms with Gasteiger partial charge in [0.05, 0.1) is 25.2 Å². The largest absolute Gasteiger partial charge is 0.394 e. The Hall–Kier alpha value is -3.02. The minimum absolute atomic E-state index is 0.00474. The summed E-state index contributed by atoms with van der Waals surface area (Å²) in [6.45, 7) is 4.08. The van der Waals surface area contributed by atoms with Crippen molar-refractivity contribution >= 4 is 5.91 Å². The Morgan fingerprint density at radius 1 is 1.03 bits per heavy atom. The van der Waals surface area contributed by atoms with Gasteiger partial charge in [-0.1, -0.05) is 60.2 Å². The molecule has 0 unspecified atom stereocenters. The van der Waals surface area contributed by atoms with Crippen LogP contribution in [0.4, 0.5) is 0 Å². The second kappa shape index (κ2) is 8.25. The number of nitrogens with zero attached hydrogens (tertiary/aromatic N) is 3. The average molecular weight is 414 g/mol. The Kier molecular flexibility index (Phi) is 5.30. The average Bonchev–Trinajstić information content (AvgIpc) is 2.78. The molecule has 0 bridgehead atoms. The highest BCUT2D eigenvalue weighted by Gasteiger charge is 2.53. The fourth-order valence-corrected chi connectivity index (χ4v) is 5.07. The van der Waals surface area contributed by atoms with Crippen LogP contribution in [0.1, 0.15) is 22.6 Å². The highest BCUT2D eigenvalue weighted by Crippen LogP contribution is 2.43. The first-order chi connectivity index (χ1) is 15.1. The molecule has 0 radical (unpaired) electrons. The summed E-state index contributed by atoms with van der Waals surface area (Å²) in [5.74, 6) is 0.267. The fourth-order valence-electron chi connectivity index (χ4n) is 5.07. The van der Waals surface area contributed by atoms with Crippen LogP contribution in [0.15, 0.2) is 73.1 Å². The Labute approximate surface area is 183 Å². The van der Waals surface area contributed by atoms with Crippen LogP contribution < -0.4 is 0 Å². The zero-order valence-electron chi connectivity index (χ0n) is 17.7. The van der Waals surface area contributed by atoms with Crippen molar-refractivity contribution in [3.63, 3.8) is 0 Å². The molecule has 5 heteroatoms. The van der Waals surface area contributed by atoms with Crippen molar-refractivity contribution in [3.05, 3.63) is 89.7 Å². The summed E-state index contributed by atoms with van der Waals surface area (Å²) in [5.41, 5.74) is 5.85. The zero-order chi connectivity index (χ0) is 21.4. The van der Waals surface area contributed by atoms with E-state index in [0.717, 1.165) is 24.2 Å². The van der Waals surface area contributed by atoms with E-state index < -0.39 is 0 Å². The minimum atomic E-state index is -0.136. The van der Waals surface area contributed by atoms with Crippen LogP contribution in [0.3, 0.4) is 0 Å². The molecule has 5 nitrogen and oxygen atoms in total. The van der Waals surface area contributed by atoms with Gasteiger partial charge in [-0.15, -0.1) is 0 Å². The van der Waals surface area contributed by atoms with Crippen molar-refractivity contribution in [2.24, 2.45) is 0 Å². The van der Waals surface area contributed by atoms with Gasteiger partial charge in [0.2, 0.25) is 5.91 Å². The molecule has 3 heterocycles. The van der Waals surface area contributed by atoms with Gasteiger partial charge in [0.1, 0.15) is 0 Å². The van der Waals surface area contributed by atoms with Gasteiger partial charge in [0, 0.05) is 31.4 Å². The van der Waals surface area contributed by atoms with E-state index >= 15 is 0 Å². The first kappa shape index (κ1) is 19.9. The molecule has 158 valence electrons. The molecule has 2 fully saturated rings. The lowest BCUT2D eigenvalue weighted by atomic mass is 9.73. The van der Waals surface area contributed by atoms with Gasteiger partial charge in [0.15, 0.2) is 0 Å². The molecule has 3 aromatic rings. The van der Waals surface area contributed by atoms with Crippen LogP contribution in [0, 0.1) is 6.92 Å². The number of aliphatic hydroxyl groups excluding tert-OH is 1. The maximum atomic E-state index is 12.9. The second-order valence-electron chi connectivity index (χ2n) is 8.66. The summed E-state index contributed by atoms with van der Waals surface area (Å²) in [6, 6.07) is 20.9. The van der Waals surface area contributed by atoms with Crippen molar-refractivity contribution < 1.29 is 9.90 Å². The third kappa shape index (κ3) is 3.75. The highest BCUT2D eigenvalue weighted by molar-refractivity contribution is 5.81. The number of amides is 1. The Morgan fingerprint density at radius 2 is 1.81 bits per heavy atom. The predicted octanol–water partition coefficient (Wildman–Crippen LogP) is 3.23. The van der Waals surface area contributed by atoms with E-state index in [0.29, 0.717) is 6.54 Å². The molecule has 2 aliphatic rings. The third-order valence-electron chi connectivity index (χ3n) is 6.64. The lowest BCUT2D eigenvalue weighted by Crippen LogP contribution is -2.72. The first-order valence-corrected chi connectivity index (χ1v) is 10.8. The van der Waals surface area contributed by atoms with Gasteiger partial charge in [-0.3, -0.25) is 14.7 Å². The summed E-state index contributed by atoms with van der Waals surface area (Å²) >= 11 is 0. The minimum Gasteiger partial charge on any atom is -0.394 e. The van der Waals surface area contributed by atoms with Crippen molar-refractivity contribution in [1.29, 1.82) is 0 Å². The van der Waals surface area contributed by atoms with Gasteiger partial charge < -0.3 is 10.0 Å². The van der Waals surface area contributed by atoms with Crippen LogP contribution in [-0.4, -0.2) is 57.6 Å². The number of aromatic nitrogens is 1. The van der Waals surface area contributed by atoms with E-state index in [4.69, 9.17) is 0 Å². The maximum Gasteiger partial charge on any atom is 0.237 e. The van der Waals surface area contributed by atoms with E-state index in [1.165, 1.54) is 16.7 Å². The molecule has 2 saturated heterocycles. The molecule has 1 aromatic heterocycles. The number of hydrogen-bond donors (Lipinski definition) is 1. The molecule has 1 amide bonds. The fraction of sp³-hybridized carbons (Fsp3) is 0.308. The third-order valence-corrected chi connectivity index (χ3v) is 6.64. The Bertz CT molecular complexity index is 1050. The van der Waals surface area contributed by atoms with Crippen molar-refractivity contribution in [1.82, 2.24) is 14.8 Å². The summed E-state index contributed by atoms with van der Waals surface area (Å²) in [5, 5.41) is 10.0. The zero-order valence-corrected chi connectivity index (χ0v) is 17.7. The lowest BCUT2D eigenvalue weighted by molar-refractivity contribution is -0.162. The van der Waals surface area contributed by atoms with Crippen molar-refractivity contribution in [2.45, 2.75) is 31.5 Å². The normalized spacial score (nSPS) is 23.4. The molecule has 0 saturated carbocycles. The molecular formula is C26H27N3O2. The topological polar surface area (TPSA) is 56.7 Å². The first-order valence-electron chi connectivity index (χ1n) is 10.8. The van der Waals surface area contributed by atoms with Crippen LogP contribution >= 0.6 is 0 Å². The van der Waals surface area contributed by atoms with Crippen molar-refractivity contribution in [3.8, 4) is 11.1 Å². The smallest absolute Gasteiger partial charge is 0.237 e. The predicted molar refractivity (Wildman–Crippen MR) is 120 cm³/mol. The molecule has 0 spiro atoms. The number of carbonyl (C=O) groups is 1. The number of fused-ring (bicyclic) bond motifs is 1. The van der Waals surface area contributed by atoms with Gasteiger partial charge in [-0.25, -0.2) is 0 Å². The number of piperazine rings is 1. The number of hydrogen-bond acceptors (Lipinski definition) is 4. The molecule has 5 rings (SSSR count). The Morgan fingerprint density at radius 3 is 2.48 bits per heavy atom. The van der Waals surface area contributed by atoms with Crippen molar-refractivity contribution in [2.75, 3.05) is 19.7 Å². The van der Waals surface area contributed by atoms with Gasteiger partial charge in [0.25, 0.3) is 0 Å². The van der Waals surface area contributed by atoms with Gasteiger partial charge in [-0.05, 0) is 35.2 Å². The van der Waals surface area contributed by atoms with Crippen LogP contribution in [0.2, 0.25) is 0 Å². The summed E-state index contributed by atoms with van der Waals surface area (Å²) in [6.07, 6.45) is 3.63. The highest BCUT2D eigenvalue weighted by atomic mass is 16.3. The maximum absolute atomic E-state index is 12.9. The molecule has 3 atom stereocenters. The Balaban J connectivity index is 1.35.